The molecule has 0 atom stereocenters. The van der Waals surface area contributed by atoms with Crippen LogP contribution in [0.15, 0.2) is 42.6 Å². The molecule has 0 saturated carbocycles. The Morgan fingerprint density at radius 3 is 2.71 bits per heavy atom. The van der Waals surface area contributed by atoms with Crippen LogP contribution in [-0.2, 0) is 4.79 Å². The maximum absolute atomic E-state index is 11.0. The molecule has 0 spiro atoms. The van der Waals surface area contributed by atoms with E-state index in [2.05, 4.69) is 10.3 Å². The molecule has 4 heteroatoms. The van der Waals surface area contributed by atoms with Crippen LogP contribution in [0.25, 0.3) is 11.1 Å². The minimum absolute atomic E-state index is 0.0867. The molecule has 1 aromatic carbocycles. The van der Waals surface area contributed by atoms with Gasteiger partial charge in [0.25, 0.3) is 0 Å². The Labute approximate surface area is 99.5 Å². The number of anilines is 2. The van der Waals surface area contributed by atoms with Crippen molar-refractivity contribution in [1.29, 1.82) is 0 Å². The topological polar surface area (TPSA) is 68.0 Å². The SMILES string of the molecule is CC(=O)Nc1cccc(-c2ccnc(N)c2)c1. The average molecular weight is 227 g/mol. The van der Waals surface area contributed by atoms with Crippen molar-refractivity contribution in [3.05, 3.63) is 42.6 Å². The number of aromatic nitrogens is 1. The molecule has 4 nitrogen and oxygen atoms in total. The highest BCUT2D eigenvalue weighted by Crippen LogP contribution is 2.23. The van der Waals surface area contributed by atoms with E-state index in [-0.39, 0.29) is 5.91 Å². The first-order valence-corrected chi connectivity index (χ1v) is 5.25. The second-order valence-corrected chi connectivity index (χ2v) is 3.73. The van der Waals surface area contributed by atoms with Crippen LogP contribution in [0.1, 0.15) is 6.92 Å². The van der Waals surface area contributed by atoms with E-state index in [1.54, 1.807) is 12.3 Å². The summed E-state index contributed by atoms with van der Waals surface area (Å²) in [7, 11) is 0. The Kier molecular flexibility index (Phi) is 3.05. The Bertz CT molecular complexity index is 552. The predicted octanol–water partition coefficient (Wildman–Crippen LogP) is 2.29. The van der Waals surface area contributed by atoms with E-state index < -0.39 is 0 Å². The zero-order valence-electron chi connectivity index (χ0n) is 9.47. The normalized spacial score (nSPS) is 9.94. The van der Waals surface area contributed by atoms with Crippen molar-refractivity contribution in [2.75, 3.05) is 11.1 Å². The minimum atomic E-state index is -0.0867. The number of benzene rings is 1. The summed E-state index contributed by atoms with van der Waals surface area (Å²) >= 11 is 0. The largest absolute Gasteiger partial charge is 0.384 e. The fourth-order valence-electron chi connectivity index (χ4n) is 1.61. The number of carbonyl (C=O) groups is 1. The van der Waals surface area contributed by atoms with Crippen molar-refractivity contribution >= 4 is 17.4 Å². The fraction of sp³-hybridized carbons (Fsp3) is 0.0769. The van der Waals surface area contributed by atoms with Gasteiger partial charge in [0.1, 0.15) is 5.82 Å². The van der Waals surface area contributed by atoms with Crippen molar-refractivity contribution in [1.82, 2.24) is 4.98 Å². The molecule has 2 rings (SSSR count). The van der Waals surface area contributed by atoms with Gasteiger partial charge in [-0.2, -0.15) is 0 Å². The number of pyridine rings is 1. The van der Waals surface area contributed by atoms with Crippen LogP contribution in [0.3, 0.4) is 0 Å². The van der Waals surface area contributed by atoms with Crippen LogP contribution in [0.5, 0.6) is 0 Å². The summed E-state index contributed by atoms with van der Waals surface area (Å²) in [6, 6.07) is 11.3. The van der Waals surface area contributed by atoms with E-state index in [0.717, 1.165) is 16.8 Å². The molecule has 1 aromatic heterocycles. The Morgan fingerprint density at radius 2 is 2.00 bits per heavy atom. The lowest BCUT2D eigenvalue weighted by molar-refractivity contribution is -0.114. The summed E-state index contributed by atoms with van der Waals surface area (Å²) in [5, 5.41) is 2.74. The van der Waals surface area contributed by atoms with Crippen LogP contribution >= 0.6 is 0 Å². The maximum atomic E-state index is 11.0. The van der Waals surface area contributed by atoms with Crippen molar-refractivity contribution in [2.24, 2.45) is 0 Å². The smallest absolute Gasteiger partial charge is 0.221 e. The van der Waals surface area contributed by atoms with Crippen LogP contribution in [0.2, 0.25) is 0 Å². The van der Waals surface area contributed by atoms with Gasteiger partial charge >= 0.3 is 0 Å². The van der Waals surface area contributed by atoms with E-state index >= 15 is 0 Å². The lowest BCUT2D eigenvalue weighted by atomic mass is 10.1. The number of nitrogen functional groups attached to an aromatic ring is 1. The summed E-state index contributed by atoms with van der Waals surface area (Å²) < 4.78 is 0. The number of hydrogen-bond acceptors (Lipinski definition) is 3. The standard InChI is InChI=1S/C13H13N3O/c1-9(17)16-12-4-2-3-10(7-12)11-5-6-15-13(14)8-11/h2-8H,1H3,(H2,14,15)(H,16,17). The lowest BCUT2D eigenvalue weighted by Crippen LogP contribution is -2.05. The molecule has 0 radical (unpaired) electrons. The van der Waals surface area contributed by atoms with Crippen LogP contribution in [0, 0.1) is 0 Å². The number of nitrogens with two attached hydrogens (primary N) is 1. The maximum Gasteiger partial charge on any atom is 0.221 e. The summed E-state index contributed by atoms with van der Waals surface area (Å²) in [5.41, 5.74) is 8.37. The van der Waals surface area contributed by atoms with Crippen molar-refractivity contribution in [3.8, 4) is 11.1 Å². The molecule has 0 saturated heterocycles. The molecule has 17 heavy (non-hydrogen) atoms. The number of hydrogen-bond donors (Lipinski definition) is 2. The van der Waals surface area contributed by atoms with Crippen molar-refractivity contribution in [3.63, 3.8) is 0 Å². The van der Waals surface area contributed by atoms with Gasteiger partial charge in [0.15, 0.2) is 0 Å². The molecule has 0 fully saturated rings. The minimum Gasteiger partial charge on any atom is -0.384 e. The lowest BCUT2D eigenvalue weighted by Gasteiger charge is -2.06. The first-order chi connectivity index (χ1) is 8.15. The van der Waals surface area contributed by atoms with Gasteiger partial charge in [-0.3, -0.25) is 4.79 Å². The van der Waals surface area contributed by atoms with Gasteiger partial charge in [0, 0.05) is 18.8 Å². The Morgan fingerprint density at radius 1 is 1.24 bits per heavy atom. The van der Waals surface area contributed by atoms with E-state index in [4.69, 9.17) is 5.73 Å². The van der Waals surface area contributed by atoms with Gasteiger partial charge in [-0.15, -0.1) is 0 Å². The molecular weight excluding hydrogens is 214 g/mol. The second-order valence-electron chi connectivity index (χ2n) is 3.73. The molecule has 3 N–H and O–H groups in total. The number of nitrogens with one attached hydrogen (secondary N) is 1. The Balaban J connectivity index is 2.36. The third-order valence-electron chi connectivity index (χ3n) is 2.30. The van der Waals surface area contributed by atoms with Crippen LogP contribution < -0.4 is 11.1 Å². The van der Waals surface area contributed by atoms with Crippen molar-refractivity contribution < 1.29 is 4.79 Å². The van der Waals surface area contributed by atoms with Gasteiger partial charge in [0.05, 0.1) is 0 Å². The summed E-state index contributed by atoms with van der Waals surface area (Å²) in [4.78, 5) is 14.9. The monoisotopic (exact) mass is 227 g/mol. The van der Waals surface area contributed by atoms with Gasteiger partial charge in [-0.25, -0.2) is 4.98 Å². The van der Waals surface area contributed by atoms with Gasteiger partial charge in [-0.05, 0) is 35.4 Å². The van der Waals surface area contributed by atoms with Crippen LogP contribution in [0.4, 0.5) is 11.5 Å². The van der Waals surface area contributed by atoms with E-state index in [0.29, 0.717) is 5.82 Å². The number of nitrogens with zero attached hydrogens (tertiary/aromatic N) is 1. The van der Waals surface area contributed by atoms with E-state index in [1.807, 2.05) is 30.3 Å². The first kappa shape index (κ1) is 11.1. The van der Waals surface area contributed by atoms with Gasteiger partial charge in [0.2, 0.25) is 5.91 Å². The van der Waals surface area contributed by atoms with E-state index in [1.165, 1.54) is 6.92 Å². The fourth-order valence-corrected chi connectivity index (χ4v) is 1.61. The average Bonchev–Trinajstić information content (AvgIpc) is 2.28. The molecule has 0 unspecified atom stereocenters. The zero-order valence-corrected chi connectivity index (χ0v) is 9.47. The van der Waals surface area contributed by atoms with Gasteiger partial charge < -0.3 is 11.1 Å². The highest BCUT2D eigenvalue weighted by Gasteiger charge is 2.01. The van der Waals surface area contributed by atoms with Crippen LogP contribution in [-0.4, -0.2) is 10.9 Å². The molecule has 0 bridgehead atoms. The third kappa shape index (κ3) is 2.81. The van der Waals surface area contributed by atoms with Gasteiger partial charge in [-0.1, -0.05) is 12.1 Å². The first-order valence-electron chi connectivity index (χ1n) is 5.25. The summed E-state index contributed by atoms with van der Waals surface area (Å²) in [6.45, 7) is 1.48. The molecule has 1 amide bonds. The predicted molar refractivity (Wildman–Crippen MR) is 68.4 cm³/mol. The van der Waals surface area contributed by atoms with Crippen molar-refractivity contribution in [2.45, 2.75) is 6.92 Å². The quantitative estimate of drug-likeness (QED) is 0.827. The number of carbonyl (C=O) groups excluding carboxylic acids is 1. The summed E-state index contributed by atoms with van der Waals surface area (Å²) in [6.07, 6.45) is 1.66. The highest BCUT2D eigenvalue weighted by molar-refractivity contribution is 5.89. The number of rotatable bonds is 2. The molecule has 2 aromatic rings. The highest BCUT2D eigenvalue weighted by atomic mass is 16.1. The molecule has 0 aliphatic heterocycles. The molecule has 0 aliphatic carbocycles. The second kappa shape index (κ2) is 4.65. The van der Waals surface area contributed by atoms with E-state index in [9.17, 15) is 4.79 Å². The Hall–Kier alpha value is -2.36. The molecule has 86 valence electrons. The zero-order chi connectivity index (χ0) is 12.3. The molecule has 1 heterocycles. The summed E-state index contributed by atoms with van der Waals surface area (Å²) in [5.74, 6) is 0.392. The molecule has 0 aliphatic rings. The number of amides is 1. The third-order valence-corrected chi connectivity index (χ3v) is 2.30. The molecular formula is C13H13N3O.